The Morgan fingerprint density at radius 2 is 1.49 bits per heavy atom. The van der Waals surface area contributed by atoms with Crippen molar-refractivity contribution in [1.29, 1.82) is 0 Å². The lowest BCUT2D eigenvalue weighted by Crippen LogP contribution is -2.61. The van der Waals surface area contributed by atoms with Gasteiger partial charge in [-0.1, -0.05) is 104 Å². The number of aliphatic hydroxyl groups excluding tert-OH is 1. The third kappa shape index (κ3) is 11.2. The highest BCUT2D eigenvalue weighted by Crippen LogP contribution is 2.44. The van der Waals surface area contributed by atoms with Crippen LogP contribution in [0.3, 0.4) is 0 Å². The van der Waals surface area contributed by atoms with Crippen molar-refractivity contribution in [3.05, 3.63) is 131 Å². The molecule has 0 aromatic heterocycles. The van der Waals surface area contributed by atoms with Crippen LogP contribution in [0.1, 0.15) is 106 Å². The van der Waals surface area contributed by atoms with E-state index in [0.717, 1.165) is 53.5 Å². The van der Waals surface area contributed by atoms with Crippen molar-refractivity contribution in [2.75, 3.05) is 11.9 Å². The van der Waals surface area contributed by atoms with Crippen LogP contribution >= 0.6 is 0 Å². The zero-order chi connectivity index (χ0) is 43.3. The van der Waals surface area contributed by atoms with E-state index in [4.69, 9.17) is 9.47 Å². The maximum absolute atomic E-state index is 13.9. The number of rotatable bonds is 13. The Morgan fingerprint density at radius 3 is 2.16 bits per heavy atom. The maximum atomic E-state index is 13.9. The Kier molecular flexibility index (Phi) is 14.1. The van der Waals surface area contributed by atoms with Gasteiger partial charge in [0.1, 0.15) is 6.04 Å². The minimum absolute atomic E-state index is 0.0558. The topological polar surface area (TPSA) is 146 Å². The van der Waals surface area contributed by atoms with Crippen molar-refractivity contribution in [3.8, 4) is 0 Å². The smallest absolute Gasteiger partial charge is 0.242 e. The second kappa shape index (κ2) is 19.3. The molecule has 0 spiro atoms. The predicted molar refractivity (Wildman–Crippen MR) is 237 cm³/mol. The van der Waals surface area contributed by atoms with E-state index in [2.05, 4.69) is 27.2 Å². The molecule has 12 heteroatoms. The van der Waals surface area contributed by atoms with Gasteiger partial charge in [0.15, 0.2) is 6.29 Å². The fourth-order valence-corrected chi connectivity index (χ4v) is 10.4. The van der Waals surface area contributed by atoms with Gasteiger partial charge >= 0.3 is 0 Å². The number of hydrogen-bond acceptors (Lipinski definition) is 8. The molecule has 2 heterocycles. The minimum atomic E-state index is -4.01. The molecule has 8 atom stereocenters. The normalized spacial score (nSPS) is 25.2. The van der Waals surface area contributed by atoms with Crippen LogP contribution in [0, 0.1) is 18.8 Å². The number of aliphatic hydroxyl groups is 1. The van der Waals surface area contributed by atoms with Gasteiger partial charge in [-0.3, -0.25) is 14.5 Å². The van der Waals surface area contributed by atoms with Gasteiger partial charge in [0.05, 0.1) is 29.8 Å². The lowest BCUT2D eigenvalue weighted by molar-refractivity contribution is -0.278. The zero-order valence-electron chi connectivity index (χ0n) is 36.0. The molecule has 2 saturated heterocycles. The van der Waals surface area contributed by atoms with Crippen LogP contribution in [-0.4, -0.2) is 66.6 Å². The van der Waals surface area contributed by atoms with Gasteiger partial charge in [0.2, 0.25) is 21.8 Å². The predicted octanol–water partition coefficient (Wildman–Crippen LogP) is 7.74. The molecule has 11 nitrogen and oxygen atoms in total. The van der Waals surface area contributed by atoms with Crippen LogP contribution in [0.15, 0.2) is 108 Å². The Bertz CT molecular complexity index is 2190. The van der Waals surface area contributed by atoms with E-state index < -0.39 is 28.3 Å². The van der Waals surface area contributed by atoms with E-state index in [0.29, 0.717) is 24.2 Å². The summed E-state index contributed by atoms with van der Waals surface area (Å²) in [6, 6.07) is 29.9. The first-order valence-electron chi connectivity index (χ1n) is 21.8. The summed E-state index contributed by atoms with van der Waals surface area (Å²) in [6.45, 7) is 10.6. The number of benzene rings is 4. The van der Waals surface area contributed by atoms with Crippen molar-refractivity contribution in [2.45, 2.75) is 133 Å². The van der Waals surface area contributed by atoms with Gasteiger partial charge in [0, 0.05) is 35.3 Å². The summed E-state index contributed by atoms with van der Waals surface area (Å²) in [7, 11) is -4.01. The number of carbonyl (C=O) groups is 2. The lowest BCUT2D eigenvalue weighted by Gasteiger charge is -2.51. The molecule has 4 aromatic carbocycles. The van der Waals surface area contributed by atoms with Crippen LogP contribution in [-0.2, 0) is 42.1 Å². The van der Waals surface area contributed by atoms with E-state index in [1.807, 2.05) is 94.4 Å². The second-order valence-corrected chi connectivity index (χ2v) is 20.0. The Hall–Kier alpha value is -4.43. The van der Waals surface area contributed by atoms with Crippen molar-refractivity contribution >= 4 is 27.5 Å². The number of ether oxygens (including phenoxy) is 2. The Morgan fingerprint density at radius 1 is 0.820 bits per heavy atom. The first-order valence-corrected chi connectivity index (χ1v) is 23.3. The summed E-state index contributed by atoms with van der Waals surface area (Å²) in [6.07, 6.45) is 5.22. The fourth-order valence-electron chi connectivity index (χ4n) is 9.23. The lowest BCUT2D eigenvalue weighted by atomic mass is 9.75. The summed E-state index contributed by atoms with van der Waals surface area (Å²) in [4.78, 5) is 30.4. The number of nitrogens with one attached hydrogen (secondary N) is 3. The SMILES string of the molecule is Cc1ccc(S(=O)(=O)NC(Cc2ccccc2)C(=O)Nc2ccc(C3OC(CN4C(C(=O)NC(C)(C)C)CCC5CCCCC54)C(C)C(c4ccc(CO)cc4)O3)cc2)cc1. The number of amides is 2. The Labute approximate surface area is 361 Å². The number of fused-ring (bicyclic) bond motifs is 1. The highest BCUT2D eigenvalue weighted by Gasteiger charge is 2.46. The van der Waals surface area contributed by atoms with Crippen LogP contribution in [0.5, 0.6) is 0 Å². The molecular weight excluding hydrogens is 789 g/mol. The summed E-state index contributed by atoms with van der Waals surface area (Å²) in [5.41, 5.74) is 4.41. The number of anilines is 1. The van der Waals surface area contributed by atoms with Crippen molar-refractivity contribution in [2.24, 2.45) is 11.8 Å². The van der Waals surface area contributed by atoms with E-state index in [1.54, 1.807) is 24.3 Å². The van der Waals surface area contributed by atoms with Crippen LogP contribution < -0.4 is 15.4 Å². The van der Waals surface area contributed by atoms with Gasteiger partial charge in [-0.25, -0.2) is 8.42 Å². The van der Waals surface area contributed by atoms with Gasteiger partial charge in [0.25, 0.3) is 0 Å². The molecule has 1 saturated carbocycles. The second-order valence-electron chi connectivity index (χ2n) is 18.3. The van der Waals surface area contributed by atoms with E-state index in [-0.39, 0.29) is 53.5 Å². The van der Waals surface area contributed by atoms with Crippen molar-refractivity contribution in [3.63, 3.8) is 0 Å². The van der Waals surface area contributed by atoms with Crippen molar-refractivity contribution < 1.29 is 32.6 Å². The molecule has 4 N–H and O–H groups in total. The van der Waals surface area contributed by atoms with Crippen LogP contribution in [0.4, 0.5) is 5.69 Å². The highest BCUT2D eigenvalue weighted by molar-refractivity contribution is 7.89. The molecule has 3 fully saturated rings. The van der Waals surface area contributed by atoms with E-state index in [1.165, 1.54) is 25.0 Å². The number of likely N-dealkylation sites (tertiary alicyclic amines) is 1. The standard InChI is InChI=1S/C49H62N4O7S/c1-32-15-26-40(27-16-32)61(57,58)52-41(29-34-11-7-6-8-12-34)46(55)50-39-24-21-38(22-25-39)48-59-44(33(2)45(60-48)37-19-17-35(31-54)18-20-37)30-53-42-14-10-9-13-36(42)23-28-43(53)47(56)51-49(3,4)5/h6-8,11-12,15-22,24-27,33,36,41-45,48,52,54H,9-10,13-14,23,28-31H2,1-5H3,(H,50,55)(H,51,56). The zero-order valence-corrected chi connectivity index (χ0v) is 36.9. The number of sulfonamides is 1. The molecule has 7 rings (SSSR count). The molecule has 8 unspecified atom stereocenters. The monoisotopic (exact) mass is 850 g/mol. The molecular formula is C49H62N4O7S. The average Bonchev–Trinajstić information content (AvgIpc) is 3.24. The molecule has 0 bridgehead atoms. The molecule has 326 valence electrons. The third-order valence-corrected chi connectivity index (χ3v) is 14.0. The van der Waals surface area contributed by atoms with Gasteiger partial charge < -0.3 is 25.2 Å². The molecule has 0 radical (unpaired) electrons. The minimum Gasteiger partial charge on any atom is -0.392 e. The summed E-state index contributed by atoms with van der Waals surface area (Å²) in [5, 5.41) is 16.0. The van der Waals surface area contributed by atoms with Gasteiger partial charge in [-0.05, 0) is 107 Å². The van der Waals surface area contributed by atoms with Crippen LogP contribution in [0.2, 0.25) is 0 Å². The summed E-state index contributed by atoms with van der Waals surface area (Å²) >= 11 is 0. The Balaban J connectivity index is 1.13. The maximum Gasteiger partial charge on any atom is 0.242 e. The van der Waals surface area contributed by atoms with Gasteiger partial charge in [-0.15, -0.1) is 0 Å². The molecule has 4 aromatic rings. The van der Waals surface area contributed by atoms with Crippen molar-refractivity contribution in [1.82, 2.24) is 14.9 Å². The summed E-state index contributed by atoms with van der Waals surface area (Å²) < 4.78 is 43.3. The first kappa shape index (κ1) is 44.6. The molecule has 1 aliphatic carbocycles. The molecule has 61 heavy (non-hydrogen) atoms. The molecule has 3 aliphatic rings. The molecule has 2 aliphatic heterocycles. The summed E-state index contributed by atoms with van der Waals surface area (Å²) in [5.74, 6) is 0.0457. The third-order valence-electron chi connectivity index (χ3n) is 12.5. The quantitative estimate of drug-likeness (QED) is 0.107. The number of nitrogens with zero attached hydrogens (tertiary/aromatic N) is 1. The largest absolute Gasteiger partial charge is 0.392 e. The highest BCUT2D eigenvalue weighted by atomic mass is 32.2. The van der Waals surface area contributed by atoms with E-state index in [9.17, 15) is 23.1 Å². The number of carbonyl (C=O) groups excluding carboxylic acids is 2. The van der Waals surface area contributed by atoms with Crippen LogP contribution in [0.25, 0.3) is 0 Å². The van der Waals surface area contributed by atoms with Gasteiger partial charge in [-0.2, -0.15) is 4.72 Å². The number of hydrogen-bond donors (Lipinski definition) is 4. The van der Waals surface area contributed by atoms with E-state index >= 15 is 0 Å². The first-order chi connectivity index (χ1) is 29.2. The average molecular weight is 851 g/mol. The number of aryl methyl sites for hydroxylation is 1. The fraction of sp³-hybridized carbons (Fsp3) is 0.469. The number of piperidine rings is 1. The molecule has 2 amide bonds.